The number of benzene rings is 1. The predicted molar refractivity (Wildman–Crippen MR) is 104 cm³/mol. The smallest absolute Gasteiger partial charge is 0.317 e. The zero-order valence-electron chi connectivity index (χ0n) is 16.0. The molecule has 1 aromatic rings. The summed E-state index contributed by atoms with van der Waals surface area (Å²) in [7, 11) is 1.62. The van der Waals surface area contributed by atoms with Crippen LogP contribution in [-0.2, 0) is 14.3 Å². The fraction of sp³-hybridized carbons (Fsp3) is 0.556. The number of rotatable bonds is 7. The summed E-state index contributed by atoms with van der Waals surface area (Å²) in [4.78, 5) is 25.4. The van der Waals surface area contributed by atoms with Crippen LogP contribution in [0.2, 0.25) is 0 Å². The van der Waals surface area contributed by atoms with Crippen LogP contribution in [0.1, 0.15) is 31.9 Å². The van der Waals surface area contributed by atoms with Crippen LogP contribution in [0.5, 0.6) is 5.75 Å². The van der Waals surface area contributed by atoms with E-state index in [0.717, 1.165) is 0 Å². The molecule has 152 valence electrons. The Kier molecular flexibility index (Phi) is 5.71. The van der Waals surface area contributed by atoms with Crippen molar-refractivity contribution in [3.8, 4) is 5.75 Å². The molecule has 0 radical (unpaired) electrons. The highest BCUT2D eigenvalue weighted by atomic mass is 32.1. The summed E-state index contributed by atoms with van der Waals surface area (Å²) >= 11 is 5.53. The largest absolute Gasteiger partial charge is 0.467 e. The minimum atomic E-state index is -1.09. The van der Waals surface area contributed by atoms with Crippen molar-refractivity contribution in [3.63, 3.8) is 0 Å². The zero-order chi connectivity index (χ0) is 20.5. The summed E-state index contributed by atoms with van der Waals surface area (Å²) in [6.45, 7) is 4.79. The first-order valence-electron chi connectivity index (χ1n) is 9.04. The van der Waals surface area contributed by atoms with Crippen LogP contribution in [0.3, 0.4) is 0 Å². The number of esters is 1. The lowest BCUT2D eigenvalue weighted by molar-refractivity contribution is -0.385. The van der Waals surface area contributed by atoms with Crippen LogP contribution in [0.25, 0.3) is 0 Å². The van der Waals surface area contributed by atoms with Crippen molar-refractivity contribution in [1.29, 1.82) is 0 Å². The van der Waals surface area contributed by atoms with Gasteiger partial charge in [0.15, 0.2) is 10.8 Å². The number of thiocarbonyl (C=S) groups is 1. The topological polar surface area (TPSA) is 103 Å². The van der Waals surface area contributed by atoms with Gasteiger partial charge in [0.1, 0.15) is 11.7 Å². The standard InChI is InChI=1S/C18H23N3O6S/c1-4-26-16(22)14-15-12-10-11(21(23)24)6-7-13(12)27-18(14,2)20(17(28)19-15)8-5-9-25-3/h6-7,10,14-15H,4-5,8-9H2,1-3H3,(H,19,28). The highest BCUT2D eigenvalue weighted by Gasteiger charge is 2.59. The first kappa shape index (κ1) is 20.3. The van der Waals surface area contributed by atoms with Gasteiger partial charge in [-0.25, -0.2) is 0 Å². The molecule has 0 aromatic heterocycles. The third-order valence-corrected chi connectivity index (χ3v) is 5.44. The Labute approximate surface area is 168 Å². The van der Waals surface area contributed by atoms with Gasteiger partial charge in [0, 0.05) is 38.0 Å². The van der Waals surface area contributed by atoms with Crippen molar-refractivity contribution in [2.24, 2.45) is 5.92 Å². The normalized spacial score (nSPS) is 25.4. The average Bonchev–Trinajstić information content (AvgIpc) is 2.63. The molecule has 0 spiro atoms. The molecular weight excluding hydrogens is 386 g/mol. The summed E-state index contributed by atoms with van der Waals surface area (Å²) in [6.07, 6.45) is 0.685. The molecule has 3 atom stereocenters. The van der Waals surface area contributed by atoms with Crippen molar-refractivity contribution in [3.05, 3.63) is 33.9 Å². The highest BCUT2D eigenvalue weighted by molar-refractivity contribution is 7.80. The van der Waals surface area contributed by atoms with E-state index in [-0.39, 0.29) is 12.3 Å². The van der Waals surface area contributed by atoms with Gasteiger partial charge in [-0.1, -0.05) is 0 Å². The number of nitrogens with zero attached hydrogens (tertiary/aromatic N) is 2. The monoisotopic (exact) mass is 409 g/mol. The summed E-state index contributed by atoms with van der Waals surface area (Å²) in [5.74, 6) is -0.722. The van der Waals surface area contributed by atoms with Gasteiger partial charge in [0.05, 0.1) is 17.6 Å². The molecule has 0 amide bonds. The summed E-state index contributed by atoms with van der Waals surface area (Å²) in [6, 6.07) is 3.78. The van der Waals surface area contributed by atoms with Crippen molar-refractivity contribution >= 4 is 29.0 Å². The van der Waals surface area contributed by atoms with Gasteiger partial charge in [-0.05, 0) is 38.6 Å². The van der Waals surface area contributed by atoms with Gasteiger partial charge in [-0.15, -0.1) is 0 Å². The quantitative estimate of drug-likeness (QED) is 0.238. The number of hydrogen-bond donors (Lipinski definition) is 1. The Hall–Kier alpha value is -2.46. The van der Waals surface area contributed by atoms with Crippen molar-refractivity contribution in [2.75, 3.05) is 26.9 Å². The van der Waals surface area contributed by atoms with Gasteiger partial charge in [0.2, 0.25) is 0 Å². The van der Waals surface area contributed by atoms with E-state index in [2.05, 4.69) is 5.32 Å². The number of nitrogens with one attached hydrogen (secondary N) is 1. The molecule has 2 bridgehead atoms. The lowest BCUT2D eigenvalue weighted by atomic mass is 9.79. The Morgan fingerprint density at radius 3 is 2.89 bits per heavy atom. The van der Waals surface area contributed by atoms with Crippen LogP contribution < -0.4 is 10.1 Å². The molecule has 1 fully saturated rings. The Morgan fingerprint density at radius 1 is 1.50 bits per heavy atom. The summed E-state index contributed by atoms with van der Waals surface area (Å²) < 4.78 is 16.7. The minimum Gasteiger partial charge on any atom is -0.467 e. The number of fused-ring (bicyclic) bond motifs is 4. The summed E-state index contributed by atoms with van der Waals surface area (Å²) in [5.41, 5.74) is -0.650. The fourth-order valence-electron chi connectivity index (χ4n) is 3.83. The molecule has 28 heavy (non-hydrogen) atoms. The molecule has 9 nitrogen and oxygen atoms in total. The number of non-ortho nitro benzene ring substituents is 1. The van der Waals surface area contributed by atoms with E-state index < -0.39 is 28.6 Å². The first-order chi connectivity index (χ1) is 13.3. The second kappa shape index (κ2) is 7.88. The van der Waals surface area contributed by atoms with Crippen LogP contribution in [-0.4, -0.2) is 53.5 Å². The number of methoxy groups -OCH3 is 1. The number of carbonyl (C=O) groups excluding carboxylic acids is 1. The molecule has 1 aromatic carbocycles. The third-order valence-electron chi connectivity index (χ3n) is 5.10. The molecule has 1 N–H and O–H groups in total. The summed E-state index contributed by atoms with van der Waals surface area (Å²) in [5, 5.41) is 14.8. The lowest BCUT2D eigenvalue weighted by Gasteiger charge is -2.55. The van der Waals surface area contributed by atoms with Crippen LogP contribution in [0, 0.1) is 16.0 Å². The third kappa shape index (κ3) is 3.37. The molecule has 10 heteroatoms. The second-order valence-corrected chi connectivity index (χ2v) is 7.18. The Balaban J connectivity index is 2.07. The maximum absolute atomic E-state index is 12.9. The van der Waals surface area contributed by atoms with Gasteiger partial charge in [0.25, 0.3) is 5.69 Å². The maximum Gasteiger partial charge on any atom is 0.317 e. The minimum absolute atomic E-state index is 0.0798. The Morgan fingerprint density at radius 2 is 2.25 bits per heavy atom. The van der Waals surface area contributed by atoms with E-state index in [4.69, 9.17) is 26.4 Å². The SMILES string of the molecule is CCOC(=O)C1C2NC(=S)N(CCCOC)C1(C)Oc1ccc([N+](=O)[O-])cc12. The van der Waals surface area contributed by atoms with E-state index in [1.54, 1.807) is 27.0 Å². The lowest BCUT2D eigenvalue weighted by Crippen LogP contribution is -2.71. The van der Waals surface area contributed by atoms with Crippen LogP contribution >= 0.6 is 12.2 Å². The molecule has 3 rings (SSSR count). The molecule has 0 saturated carbocycles. The number of hydrogen-bond acceptors (Lipinski definition) is 7. The van der Waals surface area contributed by atoms with E-state index in [0.29, 0.717) is 36.0 Å². The fourth-order valence-corrected chi connectivity index (χ4v) is 4.23. The van der Waals surface area contributed by atoms with Gasteiger partial charge >= 0.3 is 5.97 Å². The van der Waals surface area contributed by atoms with Crippen molar-refractivity contribution < 1.29 is 23.9 Å². The molecule has 1 saturated heterocycles. The number of carbonyl (C=O) groups is 1. The predicted octanol–water partition coefficient (Wildman–Crippen LogP) is 2.15. The molecule has 2 heterocycles. The van der Waals surface area contributed by atoms with Crippen LogP contribution in [0.4, 0.5) is 5.69 Å². The second-order valence-electron chi connectivity index (χ2n) is 6.79. The van der Waals surface area contributed by atoms with Crippen LogP contribution in [0.15, 0.2) is 18.2 Å². The van der Waals surface area contributed by atoms with E-state index in [9.17, 15) is 14.9 Å². The van der Waals surface area contributed by atoms with E-state index in [1.807, 2.05) is 4.90 Å². The van der Waals surface area contributed by atoms with Gasteiger partial charge < -0.3 is 24.4 Å². The number of nitro benzene ring substituents is 1. The average molecular weight is 409 g/mol. The molecule has 0 aliphatic carbocycles. The van der Waals surface area contributed by atoms with Crippen molar-refractivity contribution in [2.45, 2.75) is 32.0 Å². The van der Waals surface area contributed by atoms with Gasteiger partial charge in [-0.2, -0.15) is 0 Å². The number of nitro groups is 1. The molecule has 2 aliphatic rings. The zero-order valence-corrected chi connectivity index (χ0v) is 16.8. The van der Waals surface area contributed by atoms with E-state index >= 15 is 0 Å². The number of ether oxygens (including phenoxy) is 3. The Bertz CT molecular complexity index is 804. The highest BCUT2D eigenvalue weighted by Crippen LogP contribution is 2.49. The maximum atomic E-state index is 12.9. The van der Waals surface area contributed by atoms with Crippen molar-refractivity contribution in [1.82, 2.24) is 10.2 Å². The van der Waals surface area contributed by atoms with Gasteiger partial charge in [-0.3, -0.25) is 14.9 Å². The molecular formula is C18H23N3O6S. The van der Waals surface area contributed by atoms with E-state index in [1.165, 1.54) is 12.1 Å². The first-order valence-corrected chi connectivity index (χ1v) is 9.45. The molecule has 3 unspecified atom stereocenters. The molecule has 2 aliphatic heterocycles.